The quantitative estimate of drug-likeness (QED) is 0.886. The molecule has 0 radical (unpaired) electrons. The van der Waals surface area contributed by atoms with Gasteiger partial charge in [-0.05, 0) is 17.5 Å². The normalized spacial score (nSPS) is 19.5. The maximum absolute atomic E-state index is 12.7. The number of nitrogens with one attached hydrogen (secondary N) is 1. The number of methoxy groups -OCH3 is 1. The minimum absolute atomic E-state index is 0.0189. The van der Waals surface area contributed by atoms with E-state index in [1.54, 1.807) is 25.3 Å². The molecule has 1 aromatic carbocycles. The van der Waals surface area contributed by atoms with Crippen molar-refractivity contribution in [1.29, 1.82) is 0 Å². The molecule has 5 nitrogen and oxygen atoms in total. The van der Waals surface area contributed by atoms with Gasteiger partial charge in [-0.2, -0.15) is 0 Å². The number of ether oxygens (including phenoxy) is 1. The lowest BCUT2D eigenvalue weighted by molar-refractivity contribution is -0.133. The standard InChI is InChI=1S/C15H19BrN2O3/c1-15(2,3)13-14(20)18(8-12(19)17-13)10-5-9(16)6-11(7-10)21-4/h5-7,13H,8H2,1-4H3,(H,17,19). The summed E-state index contributed by atoms with van der Waals surface area (Å²) in [5.41, 5.74) is 0.303. The van der Waals surface area contributed by atoms with Crippen LogP contribution >= 0.6 is 15.9 Å². The minimum atomic E-state index is -0.538. The molecule has 1 aliphatic heterocycles. The molecule has 0 aromatic heterocycles. The fraction of sp³-hybridized carbons (Fsp3) is 0.467. The molecular formula is C15H19BrN2O3. The Bertz CT molecular complexity index is 581. The summed E-state index contributed by atoms with van der Waals surface area (Å²) in [5.74, 6) is 0.362. The van der Waals surface area contributed by atoms with E-state index in [2.05, 4.69) is 21.2 Å². The number of hydrogen-bond acceptors (Lipinski definition) is 3. The van der Waals surface area contributed by atoms with E-state index in [0.29, 0.717) is 11.4 Å². The Morgan fingerprint density at radius 2 is 1.95 bits per heavy atom. The number of nitrogens with zero attached hydrogens (tertiary/aromatic N) is 1. The van der Waals surface area contributed by atoms with Gasteiger partial charge in [-0.1, -0.05) is 36.7 Å². The zero-order chi connectivity index (χ0) is 15.8. The van der Waals surface area contributed by atoms with Gasteiger partial charge in [-0.15, -0.1) is 0 Å². The van der Waals surface area contributed by atoms with Crippen LogP contribution in [0, 0.1) is 5.41 Å². The highest BCUT2D eigenvalue weighted by Gasteiger charge is 2.40. The fourth-order valence-corrected chi connectivity index (χ4v) is 2.73. The van der Waals surface area contributed by atoms with Crippen molar-refractivity contribution >= 4 is 33.4 Å². The molecule has 21 heavy (non-hydrogen) atoms. The Labute approximate surface area is 132 Å². The summed E-state index contributed by atoms with van der Waals surface area (Å²) >= 11 is 3.39. The van der Waals surface area contributed by atoms with Crippen LogP contribution in [0.2, 0.25) is 0 Å². The number of hydrogen-bond donors (Lipinski definition) is 1. The van der Waals surface area contributed by atoms with Crippen LogP contribution in [0.5, 0.6) is 5.75 Å². The maximum Gasteiger partial charge on any atom is 0.250 e. The first-order valence-electron chi connectivity index (χ1n) is 6.67. The number of carbonyl (C=O) groups excluding carboxylic acids is 2. The number of anilines is 1. The van der Waals surface area contributed by atoms with Gasteiger partial charge in [0.25, 0.3) is 5.91 Å². The van der Waals surface area contributed by atoms with Crippen molar-refractivity contribution in [2.45, 2.75) is 26.8 Å². The summed E-state index contributed by atoms with van der Waals surface area (Å²) in [4.78, 5) is 26.1. The molecule has 1 heterocycles. The van der Waals surface area contributed by atoms with Crippen LogP contribution in [0.3, 0.4) is 0 Å². The van der Waals surface area contributed by atoms with E-state index in [0.717, 1.165) is 4.47 Å². The van der Waals surface area contributed by atoms with Crippen LogP contribution in [0.25, 0.3) is 0 Å². The van der Waals surface area contributed by atoms with Crippen LogP contribution in [0.15, 0.2) is 22.7 Å². The van der Waals surface area contributed by atoms with E-state index in [4.69, 9.17) is 4.74 Å². The van der Waals surface area contributed by atoms with Gasteiger partial charge in [-0.3, -0.25) is 9.59 Å². The molecule has 1 aliphatic rings. The second-order valence-electron chi connectivity index (χ2n) is 6.14. The van der Waals surface area contributed by atoms with E-state index in [-0.39, 0.29) is 23.8 Å². The Morgan fingerprint density at radius 3 is 2.52 bits per heavy atom. The van der Waals surface area contributed by atoms with Crippen molar-refractivity contribution in [1.82, 2.24) is 5.32 Å². The van der Waals surface area contributed by atoms with Gasteiger partial charge < -0.3 is 15.0 Å². The van der Waals surface area contributed by atoms with Crippen LogP contribution < -0.4 is 15.0 Å². The molecule has 0 saturated carbocycles. The molecule has 1 fully saturated rings. The molecule has 2 amide bonds. The molecule has 0 aliphatic carbocycles. The molecule has 0 bridgehead atoms. The monoisotopic (exact) mass is 354 g/mol. The molecule has 114 valence electrons. The molecule has 0 spiro atoms. The number of carbonyl (C=O) groups is 2. The highest BCUT2D eigenvalue weighted by atomic mass is 79.9. The number of halogens is 1. The predicted molar refractivity (Wildman–Crippen MR) is 84.4 cm³/mol. The third-order valence-corrected chi connectivity index (χ3v) is 3.85. The van der Waals surface area contributed by atoms with Gasteiger partial charge in [0.15, 0.2) is 0 Å². The third kappa shape index (κ3) is 3.37. The number of rotatable bonds is 2. The first-order valence-corrected chi connectivity index (χ1v) is 7.47. The van der Waals surface area contributed by atoms with Crippen molar-refractivity contribution in [2.75, 3.05) is 18.6 Å². The molecule has 2 rings (SSSR count). The van der Waals surface area contributed by atoms with E-state index < -0.39 is 6.04 Å². The molecule has 1 saturated heterocycles. The van der Waals surface area contributed by atoms with Crippen LogP contribution in [0.4, 0.5) is 5.69 Å². The van der Waals surface area contributed by atoms with E-state index in [9.17, 15) is 9.59 Å². The van der Waals surface area contributed by atoms with E-state index >= 15 is 0 Å². The zero-order valence-corrected chi connectivity index (χ0v) is 14.2. The van der Waals surface area contributed by atoms with Gasteiger partial charge in [0.1, 0.15) is 18.3 Å². The molecule has 6 heteroatoms. The highest BCUT2D eigenvalue weighted by molar-refractivity contribution is 9.10. The van der Waals surface area contributed by atoms with Gasteiger partial charge in [0.05, 0.1) is 7.11 Å². The lowest BCUT2D eigenvalue weighted by atomic mass is 9.84. The Hall–Kier alpha value is -1.56. The lowest BCUT2D eigenvalue weighted by Gasteiger charge is -2.39. The number of benzene rings is 1. The van der Waals surface area contributed by atoms with E-state index in [1.807, 2.05) is 20.8 Å². The molecule has 1 aromatic rings. The van der Waals surface area contributed by atoms with Gasteiger partial charge >= 0.3 is 0 Å². The van der Waals surface area contributed by atoms with Gasteiger partial charge in [0.2, 0.25) is 5.91 Å². The molecule has 1 N–H and O–H groups in total. The van der Waals surface area contributed by atoms with Crippen LogP contribution in [0.1, 0.15) is 20.8 Å². The smallest absolute Gasteiger partial charge is 0.250 e. The Morgan fingerprint density at radius 1 is 1.29 bits per heavy atom. The summed E-state index contributed by atoms with van der Waals surface area (Å²) < 4.78 is 6.01. The third-order valence-electron chi connectivity index (χ3n) is 3.39. The largest absolute Gasteiger partial charge is 0.497 e. The second-order valence-corrected chi connectivity index (χ2v) is 7.06. The summed E-state index contributed by atoms with van der Waals surface area (Å²) in [6, 6.07) is 4.82. The topological polar surface area (TPSA) is 58.6 Å². The van der Waals surface area contributed by atoms with Crippen molar-refractivity contribution < 1.29 is 14.3 Å². The SMILES string of the molecule is COc1cc(Br)cc(N2CC(=O)NC(C(C)(C)C)C2=O)c1. The van der Waals surface area contributed by atoms with Crippen molar-refractivity contribution in [2.24, 2.45) is 5.41 Å². The molecular weight excluding hydrogens is 336 g/mol. The van der Waals surface area contributed by atoms with Crippen LogP contribution in [-0.4, -0.2) is 31.5 Å². The second kappa shape index (κ2) is 5.67. The van der Waals surface area contributed by atoms with Crippen molar-refractivity contribution in [3.8, 4) is 5.75 Å². The number of amides is 2. The molecule has 1 unspecified atom stereocenters. The van der Waals surface area contributed by atoms with Crippen molar-refractivity contribution in [3.63, 3.8) is 0 Å². The van der Waals surface area contributed by atoms with Gasteiger partial charge in [-0.25, -0.2) is 0 Å². The van der Waals surface area contributed by atoms with Crippen molar-refractivity contribution in [3.05, 3.63) is 22.7 Å². The lowest BCUT2D eigenvalue weighted by Crippen LogP contribution is -2.62. The Kier molecular flexibility index (Phi) is 4.27. The first kappa shape index (κ1) is 15.8. The van der Waals surface area contributed by atoms with Gasteiger partial charge in [0, 0.05) is 16.2 Å². The van der Waals surface area contributed by atoms with Crippen LogP contribution in [-0.2, 0) is 9.59 Å². The minimum Gasteiger partial charge on any atom is -0.497 e. The summed E-state index contributed by atoms with van der Waals surface area (Å²) in [6.07, 6.45) is 0. The van der Waals surface area contributed by atoms with E-state index in [1.165, 1.54) is 4.90 Å². The molecule has 1 atom stereocenters. The average Bonchev–Trinajstić information content (AvgIpc) is 2.39. The first-order chi connectivity index (χ1) is 9.72. The average molecular weight is 355 g/mol. The summed E-state index contributed by atoms with van der Waals surface area (Å²) in [5, 5.41) is 2.78. The summed E-state index contributed by atoms with van der Waals surface area (Å²) in [7, 11) is 1.56. The summed E-state index contributed by atoms with van der Waals surface area (Å²) in [6.45, 7) is 5.81. The zero-order valence-electron chi connectivity index (χ0n) is 12.6. The fourth-order valence-electron chi connectivity index (χ4n) is 2.27. The number of piperazine rings is 1. The highest BCUT2D eigenvalue weighted by Crippen LogP contribution is 2.31. The maximum atomic E-state index is 12.7. The predicted octanol–water partition coefficient (Wildman–Crippen LogP) is 2.34. The Balaban J connectivity index is 2.40.